The van der Waals surface area contributed by atoms with Gasteiger partial charge in [-0.25, -0.2) is 4.98 Å². The van der Waals surface area contributed by atoms with E-state index in [0.717, 1.165) is 43.9 Å². The smallest absolute Gasteiger partial charge is 0.280 e. The number of rotatable bonds is 5. The molecule has 1 aliphatic rings. The van der Waals surface area contributed by atoms with Crippen LogP contribution in [0, 0.1) is 0 Å². The summed E-state index contributed by atoms with van der Waals surface area (Å²) in [5.41, 5.74) is 1.74. The van der Waals surface area contributed by atoms with Gasteiger partial charge in [-0.3, -0.25) is 14.3 Å². The fourth-order valence-corrected chi connectivity index (χ4v) is 3.57. The molecule has 4 rings (SSSR count). The topological polar surface area (TPSA) is 91.7 Å². The maximum atomic E-state index is 13.1. The summed E-state index contributed by atoms with van der Waals surface area (Å²) in [7, 11) is 2.14. The van der Waals surface area contributed by atoms with Crippen molar-refractivity contribution in [3.8, 4) is 0 Å². The summed E-state index contributed by atoms with van der Waals surface area (Å²) in [6, 6.07) is 3.70. The van der Waals surface area contributed by atoms with Crippen molar-refractivity contribution in [2.75, 3.05) is 25.5 Å². The van der Waals surface area contributed by atoms with Crippen molar-refractivity contribution in [2.24, 2.45) is 0 Å². The van der Waals surface area contributed by atoms with Crippen molar-refractivity contribution in [3.63, 3.8) is 0 Å². The molecule has 8 nitrogen and oxygen atoms in total. The molecule has 1 saturated heterocycles. The van der Waals surface area contributed by atoms with Crippen LogP contribution in [-0.4, -0.2) is 49.5 Å². The average Bonchev–Trinajstić information content (AvgIpc) is 3.10. The van der Waals surface area contributed by atoms with Crippen LogP contribution in [0.4, 0.5) is 11.6 Å². The Balaban J connectivity index is 1.74. The van der Waals surface area contributed by atoms with Gasteiger partial charge in [0.15, 0.2) is 11.2 Å². The minimum Gasteiger partial charge on any atom is -0.336 e. The van der Waals surface area contributed by atoms with E-state index in [-0.39, 0.29) is 5.56 Å². The zero-order chi connectivity index (χ0) is 18.8. The van der Waals surface area contributed by atoms with Gasteiger partial charge >= 0.3 is 0 Å². The maximum absolute atomic E-state index is 13.1. The number of imidazole rings is 1. The maximum Gasteiger partial charge on any atom is 0.280 e. The third-order valence-corrected chi connectivity index (χ3v) is 5.12. The van der Waals surface area contributed by atoms with Crippen molar-refractivity contribution >= 4 is 22.8 Å². The second kappa shape index (κ2) is 7.48. The standard InChI is InChI=1S/C19H25N7O/c1-3-10-26-18(27)15-17(24-19(26)21-14-4-8-20-9-5-14)23-16(22-15)13-6-11-25(2)12-7-13/h4-5,8-9,13H,3,6-7,10-12H2,1-2H3,(H,22,23)(H,20,21,24). The molecule has 0 saturated carbocycles. The van der Waals surface area contributed by atoms with Gasteiger partial charge in [0, 0.05) is 30.5 Å². The highest BCUT2D eigenvalue weighted by Crippen LogP contribution is 2.26. The number of pyridine rings is 1. The fraction of sp³-hybridized carbons (Fsp3) is 0.474. The lowest BCUT2D eigenvalue weighted by molar-refractivity contribution is 0.252. The van der Waals surface area contributed by atoms with Crippen LogP contribution in [-0.2, 0) is 6.54 Å². The lowest BCUT2D eigenvalue weighted by Gasteiger charge is -2.27. The van der Waals surface area contributed by atoms with Gasteiger partial charge in [0.25, 0.3) is 5.56 Å². The zero-order valence-corrected chi connectivity index (χ0v) is 15.8. The lowest BCUT2D eigenvalue weighted by Crippen LogP contribution is -2.29. The van der Waals surface area contributed by atoms with Crippen molar-refractivity contribution in [3.05, 3.63) is 40.7 Å². The van der Waals surface area contributed by atoms with Crippen LogP contribution >= 0.6 is 0 Å². The Morgan fingerprint density at radius 3 is 2.67 bits per heavy atom. The van der Waals surface area contributed by atoms with Gasteiger partial charge in [0.1, 0.15) is 5.82 Å². The summed E-state index contributed by atoms with van der Waals surface area (Å²) >= 11 is 0. The second-order valence-corrected chi connectivity index (χ2v) is 7.15. The van der Waals surface area contributed by atoms with Crippen LogP contribution in [0.1, 0.15) is 37.9 Å². The number of fused-ring (bicyclic) bond motifs is 1. The number of H-pyrrole nitrogens is 1. The van der Waals surface area contributed by atoms with Gasteiger partial charge in [-0.05, 0) is 51.5 Å². The number of anilines is 2. The molecule has 4 heterocycles. The van der Waals surface area contributed by atoms with Gasteiger partial charge in [-0.2, -0.15) is 4.98 Å². The highest BCUT2D eigenvalue weighted by molar-refractivity contribution is 5.72. The molecule has 1 aliphatic heterocycles. The number of aromatic amines is 1. The SMILES string of the molecule is CCCn1c(Nc2ccncc2)nc2nc(C3CCN(C)CC3)[nH]c2c1=O. The van der Waals surface area contributed by atoms with Gasteiger partial charge in [-0.15, -0.1) is 0 Å². The molecule has 1 fully saturated rings. The Labute approximate surface area is 157 Å². The molecule has 8 heteroatoms. The average molecular weight is 367 g/mol. The normalized spacial score (nSPS) is 16.1. The Morgan fingerprint density at radius 1 is 1.22 bits per heavy atom. The molecule has 2 N–H and O–H groups in total. The van der Waals surface area contributed by atoms with Crippen LogP contribution in [0.15, 0.2) is 29.3 Å². The minimum absolute atomic E-state index is 0.0786. The molecular weight excluding hydrogens is 342 g/mol. The first-order valence-corrected chi connectivity index (χ1v) is 9.51. The van der Waals surface area contributed by atoms with Gasteiger partial charge in [0.2, 0.25) is 5.95 Å². The number of piperidine rings is 1. The molecule has 0 bridgehead atoms. The second-order valence-electron chi connectivity index (χ2n) is 7.15. The van der Waals surface area contributed by atoms with Crippen molar-refractivity contribution in [1.29, 1.82) is 0 Å². The monoisotopic (exact) mass is 367 g/mol. The van der Waals surface area contributed by atoms with E-state index >= 15 is 0 Å². The number of nitrogens with zero attached hydrogens (tertiary/aromatic N) is 5. The highest BCUT2D eigenvalue weighted by Gasteiger charge is 2.23. The van der Waals surface area contributed by atoms with E-state index < -0.39 is 0 Å². The van der Waals surface area contributed by atoms with Crippen LogP contribution in [0.25, 0.3) is 11.2 Å². The van der Waals surface area contributed by atoms with E-state index in [9.17, 15) is 4.79 Å². The predicted octanol–water partition coefficient (Wildman–Crippen LogP) is 2.48. The first kappa shape index (κ1) is 17.7. The fourth-order valence-electron chi connectivity index (χ4n) is 3.57. The minimum atomic E-state index is -0.0786. The van der Waals surface area contributed by atoms with Crippen LogP contribution < -0.4 is 10.9 Å². The Morgan fingerprint density at radius 2 is 1.96 bits per heavy atom. The first-order chi connectivity index (χ1) is 13.2. The Hall–Kier alpha value is -2.74. The number of likely N-dealkylation sites (tertiary alicyclic amines) is 1. The van der Waals surface area contributed by atoms with Crippen LogP contribution in [0.2, 0.25) is 0 Å². The molecule has 0 atom stereocenters. The van der Waals surface area contributed by atoms with E-state index in [0.29, 0.717) is 29.6 Å². The highest BCUT2D eigenvalue weighted by atomic mass is 16.1. The lowest BCUT2D eigenvalue weighted by atomic mass is 9.97. The van der Waals surface area contributed by atoms with Gasteiger partial charge < -0.3 is 15.2 Å². The molecule has 3 aromatic heterocycles. The molecule has 27 heavy (non-hydrogen) atoms. The predicted molar refractivity (Wildman–Crippen MR) is 105 cm³/mol. The summed E-state index contributed by atoms with van der Waals surface area (Å²) in [4.78, 5) is 32.0. The van der Waals surface area contributed by atoms with E-state index in [2.05, 4.69) is 37.2 Å². The largest absolute Gasteiger partial charge is 0.336 e. The summed E-state index contributed by atoms with van der Waals surface area (Å²) in [5, 5.41) is 3.24. The Bertz CT molecular complexity index is 971. The molecule has 0 amide bonds. The molecule has 3 aromatic rings. The van der Waals surface area contributed by atoms with Crippen LogP contribution in [0.3, 0.4) is 0 Å². The van der Waals surface area contributed by atoms with E-state index in [4.69, 9.17) is 0 Å². The quantitative estimate of drug-likeness (QED) is 0.720. The molecule has 0 unspecified atom stereocenters. The third-order valence-electron chi connectivity index (χ3n) is 5.12. The number of hydrogen-bond acceptors (Lipinski definition) is 6. The number of aromatic nitrogens is 5. The molecule has 0 aromatic carbocycles. The van der Waals surface area contributed by atoms with E-state index in [1.807, 2.05) is 19.1 Å². The molecule has 0 radical (unpaired) electrons. The molecular formula is C19H25N7O. The number of hydrogen-bond donors (Lipinski definition) is 2. The Kier molecular flexibility index (Phi) is 4.89. The summed E-state index contributed by atoms with van der Waals surface area (Å²) in [6.45, 7) is 4.73. The molecule has 0 aliphatic carbocycles. The van der Waals surface area contributed by atoms with Crippen molar-refractivity contribution in [2.45, 2.75) is 38.6 Å². The summed E-state index contributed by atoms with van der Waals surface area (Å²) in [6.07, 6.45) is 6.34. The van der Waals surface area contributed by atoms with E-state index in [1.165, 1.54) is 0 Å². The van der Waals surface area contributed by atoms with Gasteiger partial charge in [0.05, 0.1) is 0 Å². The van der Waals surface area contributed by atoms with Gasteiger partial charge in [-0.1, -0.05) is 6.92 Å². The first-order valence-electron chi connectivity index (χ1n) is 9.51. The summed E-state index contributed by atoms with van der Waals surface area (Å²) in [5.74, 6) is 1.75. The molecule has 0 spiro atoms. The van der Waals surface area contributed by atoms with Crippen molar-refractivity contribution < 1.29 is 0 Å². The number of nitrogens with one attached hydrogen (secondary N) is 2. The van der Waals surface area contributed by atoms with E-state index in [1.54, 1.807) is 17.0 Å². The molecule has 142 valence electrons. The van der Waals surface area contributed by atoms with Crippen LogP contribution in [0.5, 0.6) is 0 Å². The zero-order valence-electron chi connectivity index (χ0n) is 15.8. The third kappa shape index (κ3) is 3.57. The van der Waals surface area contributed by atoms with Crippen molar-refractivity contribution in [1.82, 2.24) is 29.4 Å². The summed E-state index contributed by atoms with van der Waals surface area (Å²) < 4.78 is 1.68.